The lowest BCUT2D eigenvalue weighted by molar-refractivity contribution is -0.114. The van der Waals surface area contributed by atoms with Gasteiger partial charge in [-0.25, -0.2) is 8.42 Å². The number of hydrogen-bond acceptors (Lipinski definition) is 5. The first-order valence-electron chi connectivity index (χ1n) is 11.1. The van der Waals surface area contributed by atoms with Crippen molar-refractivity contribution in [1.29, 1.82) is 0 Å². The number of methoxy groups -OCH3 is 1. The van der Waals surface area contributed by atoms with E-state index in [1.54, 1.807) is 19.9 Å². The number of anilines is 2. The van der Waals surface area contributed by atoms with E-state index in [2.05, 4.69) is 28.8 Å². The van der Waals surface area contributed by atoms with Crippen LogP contribution in [0.1, 0.15) is 25.0 Å². The van der Waals surface area contributed by atoms with Crippen molar-refractivity contribution < 1.29 is 17.9 Å². The number of carbonyl (C=O) groups is 1. The number of ether oxygens (including phenoxy) is 1. The summed E-state index contributed by atoms with van der Waals surface area (Å²) in [5.74, 6) is 0.0983. The third-order valence-electron chi connectivity index (χ3n) is 6.10. The molecular formula is C25H29N3O4S. The molecule has 0 saturated heterocycles. The van der Waals surface area contributed by atoms with Gasteiger partial charge in [0.15, 0.2) is 0 Å². The maximum Gasteiger partial charge on any atom is 0.243 e. The highest BCUT2D eigenvalue weighted by atomic mass is 32.2. The zero-order valence-electron chi connectivity index (χ0n) is 19.1. The van der Waals surface area contributed by atoms with Gasteiger partial charge in [0.05, 0.1) is 24.2 Å². The normalized spacial score (nSPS) is 12.8. The second kappa shape index (κ2) is 9.41. The van der Waals surface area contributed by atoms with Gasteiger partial charge in [0.2, 0.25) is 15.9 Å². The van der Waals surface area contributed by atoms with E-state index in [0.29, 0.717) is 24.5 Å². The van der Waals surface area contributed by atoms with Crippen LogP contribution in [0.15, 0.2) is 53.4 Å². The van der Waals surface area contributed by atoms with Crippen molar-refractivity contribution in [2.75, 3.05) is 37.4 Å². The largest absolute Gasteiger partial charge is 0.495 e. The van der Waals surface area contributed by atoms with Crippen molar-refractivity contribution in [2.24, 2.45) is 0 Å². The van der Waals surface area contributed by atoms with Crippen molar-refractivity contribution in [3.05, 3.63) is 59.7 Å². The zero-order chi connectivity index (χ0) is 23.6. The Morgan fingerprint density at radius 2 is 1.73 bits per heavy atom. The molecule has 1 aliphatic rings. The van der Waals surface area contributed by atoms with Gasteiger partial charge < -0.3 is 15.4 Å². The molecule has 1 aliphatic carbocycles. The quantitative estimate of drug-likeness (QED) is 0.496. The molecule has 0 aromatic heterocycles. The number of nitrogens with one attached hydrogen (secondary N) is 2. The van der Waals surface area contributed by atoms with Gasteiger partial charge in [-0.3, -0.25) is 4.79 Å². The number of carbonyl (C=O) groups excluding carboxylic acids is 1. The third kappa shape index (κ3) is 4.41. The molecule has 33 heavy (non-hydrogen) atoms. The monoisotopic (exact) mass is 467 g/mol. The summed E-state index contributed by atoms with van der Waals surface area (Å²) in [5.41, 5.74) is 3.90. The summed E-state index contributed by atoms with van der Waals surface area (Å²) in [5, 5.41) is 8.41. The number of aryl methyl sites for hydroxylation is 2. The fourth-order valence-corrected chi connectivity index (χ4v) is 5.91. The Morgan fingerprint density at radius 1 is 1.00 bits per heavy atom. The van der Waals surface area contributed by atoms with Crippen LogP contribution in [0.3, 0.4) is 0 Å². The molecule has 0 heterocycles. The molecule has 4 rings (SSSR count). The molecule has 8 heteroatoms. The molecule has 0 atom stereocenters. The topological polar surface area (TPSA) is 87.7 Å². The number of amides is 1. The smallest absolute Gasteiger partial charge is 0.243 e. The van der Waals surface area contributed by atoms with Gasteiger partial charge in [0.25, 0.3) is 0 Å². The standard InChI is InChI=1S/C25H29N3O4S/c1-4-28(5-2)33(30,31)19-12-14-23(32-3)22(15-19)27-24(29)16-26-21-13-11-18-10-9-17-7-6-8-20(21)25(17)18/h6-8,11-15,26H,4-5,9-10,16H2,1-3H3,(H,27,29). The lowest BCUT2D eigenvalue weighted by Gasteiger charge is -2.20. The Hall–Kier alpha value is -3.10. The fourth-order valence-electron chi connectivity index (χ4n) is 4.43. The number of rotatable bonds is 9. The van der Waals surface area contributed by atoms with Crippen LogP contribution in [0.5, 0.6) is 5.75 Å². The summed E-state index contributed by atoms with van der Waals surface area (Å²) in [4.78, 5) is 12.9. The van der Waals surface area contributed by atoms with Crippen LogP contribution in [-0.4, -0.2) is 45.4 Å². The Morgan fingerprint density at radius 3 is 2.42 bits per heavy atom. The average Bonchev–Trinajstić information content (AvgIpc) is 3.24. The number of sulfonamides is 1. The molecule has 0 bridgehead atoms. The number of benzene rings is 3. The van der Waals surface area contributed by atoms with Crippen LogP contribution < -0.4 is 15.4 Å². The highest BCUT2D eigenvalue weighted by molar-refractivity contribution is 7.89. The van der Waals surface area contributed by atoms with Gasteiger partial charge in [-0.15, -0.1) is 0 Å². The first-order valence-corrected chi connectivity index (χ1v) is 12.6. The van der Waals surface area contributed by atoms with Crippen LogP contribution in [0, 0.1) is 0 Å². The molecule has 0 unspecified atom stereocenters. The summed E-state index contributed by atoms with van der Waals surface area (Å²) in [7, 11) is -2.17. The lowest BCUT2D eigenvalue weighted by Crippen LogP contribution is -2.30. The molecule has 0 saturated carbocycles. The molecule has 0 radical (unpaired) electrons. The summed E-state index contributed by atoms with van der Waals surface area (Å²) >= 11 is 0. The van der Waals surface area contributed by atoms with Gasteiger partial charge in [-0.05, 0) is 53.6 Å². The maximum atomic E-state index is 12.9. The molecule has 0 aliphatic heterocycles. The Balaban J connectivity index is 1.53. The van der Waals surface area contributed by atoms with Crippen molar-refractivity contribution in [1.82, 2.24) is 4.31 Å². The Bertz CT molecular complexity index is 1290. The molecule has 174 valence electrons. The van der Waals surface area contributed by atoms with Crippen LogP contribution in [-0.2, 0) is 27.7 Å². The lowest BCUT2D eigenvalue weighted by atomic mass is 10.0. The minimum Gasteiger partial charge on any atom is -0.495 e. The van der Waals surface area contributed by atoms with Crippen LogP contribution >= 0.6 is 0 Å². The van der Waals surface area contributed by atoms with Gasteiger partial charge in [0, 0.05) is 24.2 Å². The van der Waals surface area contributed by atoms with E-state index in [-0.39, 0.29) is 17.3 Å². The molecule has 7 nitrogen and oxygen atoms in total. The van der Waals surface area contributed by atoms with Crippen LogP contribution in [0.4, 0.5) is 11.4 Å². The Labute approximate surface area is 194 Å². The van der Waals surface area contributed by atoms with E-state index >= 15 is 0 Å². The predicted molar refractivity (Wildman–Crippen MR) is 132 cm³/mol. The van der Waals surface area contributed by atoms with Crippen LogP contribution in [0.2, 0.25) is 0 Å². The van der Waals surface area contributed by atoms with Crippen LogP contribution in [0.25, 0.3) is 10.8 Å². The first-order chi connectivity index (χ1) is 15.9. The number of nitrogens with zero attached hydrogens (tertiary/aromatic N) is 1. The van der Waals surface area contributed by atoms with Crippen molar-refractivity contribution >= 4 is 38.1 Å². The second-order valence-electron chi connectivity index (χ2n) is 7.97. The maximum absolute atomic E-state index is 12.9. The van der Waals surface area contributed by atoms with Gasteiger partial charge >= 0.3 is 0 Å². The highest BCUT2D eigenvalue weighted by Crippen LogP contribution is 2.35. The van der Waals surface area contributed by atoms with E-state index < -0.39 is 10.0 Å². The summed E-state index contributed by atoms with van der Waals surface area (Å²) in [6.45, 7) is 4.35. The molecule has 3 aromatic rings. The predicted octanol–water partition coefficient (Wildman–Crippen LogP) is 4.03. The van der Waals surface area contributed by atoms with Crippen molar-refractivity contribution in [2.45, 2.75) is 31.6 Å². The van der Waals surface area contributed by atoms with Gasteiger partial charge in [-0.2, -0.15) is 4.31 Å². The van der Waals surface area contributed by atoms with Gasteiger partial charge in [0.1, 0.15) is 5.75 Å². The highest BCUT2D eigenvalue weighted by Gasteiger charge is 2.23. The molecular weight excluding hydrogens is 438 g/mol. The second-order valence-corrected chi connectivity index (χ2v) is 9.90. The molecule has 0 fully saturated rings. The minimum atomic E-state index is -3.66. The molecule has 2 N–H and O–H groups in total. The molecule has 3 aromatic carbocycles. The Kier molecular flexibility index (Phi) is 6.58. The first kappa shape index (κ1) is 23.1. The average molecular weight is 468 g/mol. The zero-order valence-corrected chi connectivity index (χ0v) is 20.0. The summed E-state index contributed by atoms with van der Waals surface area (Å²) in [6.07, 6.45) is 2.09. The summed E-state index contributed by atoms with van der Waals surface area (Å²) in [6, 6.07) is 14.9. The SMILES string of the molecule is CCN(CC)S(=O)(=O)c1ccc(OC)c(NC(=O)CNc2ccc3c4c(cccc24)CC3)c1. The van der Waals surface area contributed by atoms with E-state index in [9.17, 15) is 13.2 Å². The van der Waals surface area contributed by atoms with E-state index in [0.717, 1.165) is 23.9 Å². The van der Waals surface area contributed by atoms with Crippen molar-refractivity contribution in [3.8, 4) is 5.75 Å². The van der Waals surface area contributed by atoms with Gasteiger partial charge in [-0.1, -0.05) is 38.1 Å². The van der Waals surface area contributed by atoms with E-state index in [4.69, 9.17) is 4.74 Å². The van der Waals surface area contributed by atoms with E-state index in [1.165, 1.54) is 40.1 Å². The minimum absolute atomic E-state index is 0.0366. The third-order valence-corrected chi connectivity index (χ3v) is 8.15. The van der Waals surface area contributed by atoms with E-state index in [1.807, 2.05) is 12.1 Å². The number of hydrogen-bond donors (Lipinski definition) is 2. The van der Waals surface area contributed by atoms with Crippen molar-refractivity contribution in [3.63, 3.8) is 0 Å². The molecule has 1 amide bonds. The fraction of sp³-hybridized carbons (Fsp3) is 0.320. The summed E-state index contributed by atoms with van der Waals surface area (Å²) < 4.78 is 32.5. The molecule has 0 spiro atoms.